The molecule has 21 heavy (non-hydrogen) atoms. The highest BCUT2D eigenvalue weighted by Crippen LogP contribution is 2.28. The van der Waals surface area contributed by atoms with E-state index in [1.807, 2.05) is 24.3 Å². The first-order valence-electron chi connectivity index (χ1n) is 7.04. The van der Waals surface area contributed by atoms with E-state index < -0.39 is 5.60 Å². The van der Waals surface area contributed by atoms with Gasteiger partial charge in [0.1, 0.15) is 11.6 Å². The highest BCUT2D eigenvalue weighted by molar-refractivity contribution is 5.29. The van der Waals surface area contributed by atoms with Crippen molar-refractivity contribution in [3.8, 4) is 5.75 Å². The van der Waals surface area contributed by atoms with Crippen LogP contribution >= 0.6 is 0 Å². The Morgan fingerprint density at radius 1 is 1.14 bits per heavy atom. The molecule has 2 rings (SSSR count). The molecule has 0 fully saturated rings. The van der Waals surface area contributed by atoms with Gasteiger partial charge in [0.15, 0.2) is 0 Å². The van der Waals surface area contributed by atoms with Crippen LogP contribution < -0.4 is 4.74 Å². The van der Waals surface area contributed by atoms with Crippen molar-refractivity contribution < 1.29 is 14.2 Å². The molecule has 3 heteroatoms. The first kappa shape index (κ1) is 15.5. The Morgan fingerprint density at radius 2 is 1.81 bits per heavy atom. The molecule has 2 aromatic carbocycles. The molecular formula is C18H21FO2. The van der Waals surface area contributed by atoms with Crippen LogP contribution in [0.2, 0.25) is 0 Å². The Bertz CT molecular complexity index is 603. The van der Waals surface area contributed by atoms with E-state index in [4.69, 9.17) is 4.74 Å². The standard InChI is InChI=1S/C18H21FO2/c1-13-4-7-15(12-17(13)19)18(2,20)11-10-14-5-8-16(21-3)9-6-14/h4-9,12,20H,10-11H2,1-3H3. The van der Waals surface area contributed by atoms with Crippen molar-refractivity contribution in [1.82, 2.24) is 0 Å². The third-order valence-electron chi connectivity index (χ3n) is 3.85. The molecule has 2 aromatic rings. The summed E-state index contributed by atoms with van der Waals surface area (Å²) in [6.45, 7) is 3.44. The maximum atomic E-state index is 13.6. The van der Waals surface area contributed by atoms with Crippen LogP contribution in [0.3, 0.4) is 0 Å². The summed E-state index contributed by atoms with van der Waals surface area (Å²) in [5.74, 6) is 0.531. The topological polar surface area (TPSA) is 29.5 Å². The Hall–Kier alpha value is -1.87. The lowest BCUT2D eigenvalue weighted by molar-refractivity contribution is 0.0477. The lowest BCUT2D eigenvalue weighted by Gasteiger charge is -2.24. The lowest BCUT2D eigenvalue weighted by atomic mass is 9.89. The molecule has 0 saturated heterocycles. The van der Waals surface area contributed by atoms with Crippen LogP contribution in [0, 0.1) is 12.7 Å². The number of ether oxygens (including phenoxy) is 1. The third kappa shape index (κ3) is 3.82. The van der Waals surface area contributed by atoms with Crippen molar-refractivity contribution in [3.05, 3.63) is 65.0 Å². The van der Waals surface area contributed by atoms with Crippen molar-refractivity contribution in [3.63, 3.8) is 0 Å². The van der Waals surface area contributed by atoms with Crippen LogP contribution in [0.5, 0.6) is 5.75 Å². The number of hydrogen-bond donors (Lipinski definition) is 1. The van der Waals surface area contributed by atoms with Crippen LogP contribution in [0.1, 0.15) is 30.0 Å². The van der Waals surface area contributed by atoms with Crippen LogP contribution in [-0.4, -0.2) is 12.2 Å². The predicted octanol–water partition coefficient (Wildman–Crippen LogP) is 3.98. The van der Waals surface area contributed by atoms with E-state index in [0.717, 1.165) is 11.3 Å². The number of methoxy groups -OCH3 is 1. The summed E-state index contributed by atoms with van der Waals surface area (Å²) < 4.78 is 18.7. The average molecular weight is 288 g/mol. The Labute approximate surface area is 125 Å². The maximum Gasteiger partial charge on any atom is 0.126 e. The normalized spacial score (nSPS) is 13.8. The fourth-order valence-electron chi connectivity index (χ4n) is 2.25. The predicted molar refractivity (Wildman–Crippen MR) is 82.0 cm³/mol. The zero-order valence-corrected chi connectivity index (χ0v) is 12.7. The number of benzene rings is 2. The second-order valence-corrected chi connectivity index (χ2v) is 5.59. The van der Waals surface area contributed by atoms with Crippen LogP contribution in [0.25, 0.3) is 0 Å². The van der Waals surface area contributed by atoms with Gasteiger partial charge in [0.05, 0.1) is 12.7 Å². The molecule has 1 N–H and O–H groups in total. The van der Waals surface area contributed by atoms with Gasteiger partial charge in [-0.2, -0.15) is 0 Å². The van der Waals surface area contributed by atoms with E-state index in [-0.39, 0.29) is 5.82 Å². The second-order valence-electron chi connectivity index (χ2n) is 5.59. The van der Waals surface area contributed by atoms with Gasteiger partial charge in [-0.15, -0.1) is 0 Å². The van der Waals surface area contributed by atoms with Crippen molar-refractivity contribution in [2.45, 2.75) is 32.3 Å². The molecule has 0 amide bonds. The fourth-order valence-corrected chi connectivity index (χ4v) is 2.25. The van der Waals surface area contributed by atoms with Gasteiger partial charge in [0.2, 0.25) is 0 Å². The quantitative estimate of drug-likeness (QED) is 0.901. The zero-order valence-electron chi connectivity index (χ0n) is 12.7. The molecule has 0 aliphatic heterocycles. The van der Waals surface area contributed by atoms with Gasteiger partial charge in [-0.1, -0.05) is 24.3 Å². The van der Waals surface area contributed by atoms with E-state index in [1.165, 1.54) is 6.07 Å². The van der Waals surface area contributed by atoms with Gasteiger partial charge in [-0.3, -0.25) is 0 Å². The van der Waals surface area contributed by atoms with E-state index in [1.54, 1.807) is 33.1 Å². The minimum atomic E-state index is -1.05. The van der Waals surface area contributed by atoms with Crippen LogP contribution in [0.4, 0.5) is 4.39 Å². The Kier molecular flexibility index (Phi) is 4.63. The van der Waals surface area contributed by atoms with E-state index in [9.17, 15) is 9.50 Å². The molecule has 0 saturated carbocycles. The van der Waals surface area contributed by atoms with Gasteiger partial charge in [0.25, 0.3) is 0 Å². The molecular weight excluding hydrogens is 267 g/mol. The summed E-state index contributed by atoms with van der Waals surface area (Å²) in [6.07, 6.45) is 1.24. The molecule has 1 atom stereocenters. The van der Waals surface area contributed by atoms with Crippen LogP contribution in [-0.2, 0) is 12.0 Å². The number of rotatable bonds is 5. The van der Waals surface area contributed by atoms with Crippen molar-refractivity contribution >= 4 is 0 Å². The average Bonchev–Trinajstić information content (AvgIpc) is 2.48. The molecule has 1 unspecified atom stereocenters. The van der Waals surface area contributed by atoms with Crippen LogP contribution in [0.15, 0.2) is 42.5 Å². The summed E-state index contributed by atoms with van der Waals surface area (Å²) in [5.41, 5.74) is 1.27. The van der Waals surface area contributed by atoms with Gasteiger partial charge < -0.3 is 9.84 Å². The number of hydrogen-bond acceptors (Lipinski definition) is 2. The molecule has 0 aliphatic carbocycles. The summed E-state index contributed by atoms with van der Waals surface area (Å²) in [6, 6.07) is 12.7. The first-order valence-corrected chi connectivity index (χ1v) is 7.04. The Morgan fingerprint density at radius 3 is 2.38 bits per heavy atom. The van der Waals surface area contributed by atoms with Crippen molar-refractivity contribution in [1.29, 1.82) is 0 Å². The largest absolute Gasteiger partial charge is 0.497 e. The first-order chi connectivity index (χ1) is 9.92. The third-order valence-corrected chi connectivity index (χ3v) is 3.85. The minimum absolute atomic E-state index is 0.280. The summed E-state index contributed by atoms with van der Waals surface area (Å²) in [7, 11) is 1.63. The fraction of sp³-hybridized carbons (Fsp3) is 0.333. The van der Waals surface area contributed by atoms with Gasteiger partial charge >= 0.3 is 0 Å². The van der Waals surface area contributed by atoms with E-state index in [2.05, 4.69) is 0 Å². The molecule has 2 nitrogen and oxygen atoms in total. The molecule has 0 heterocycles. The van der Waals surface area contributed by atoms with Gasteiger partial charge in [0, 0.05) is 0 Å². The molecule has 0 spiro atoms. The van der Waals surface area contributed by atoms with Crippen molar-refractivity contribution in [2.75, 3.05) is 7.11 Å². The van der Waals surface area contributed by atoms with Gasteiger partial charge in [-0.05, 0) is 61.6 Å². The lowest BCUT2D eigenvalue weighted by Crippen LogP contribution is -2.22. The molecule has 112 valence electrons. The summed E-state index contributed by atoms with van der Waals surface area (Å²) >= 11 is 0. The highest BCUT2D eigenvalue weighted by Gasteiger charge is 2.23. The maximum absolute atomic E-state index is 13.6. The summed E-state index contributed by atoms with van der Waals surface area (Å²) in [4.78, 5) is 0. The SMILES string of the molecule is COc1ccc(CCC(C)(O)c2ccc(C)c(F)c2)cc1. The van der Waals surface area contributed by atoms with Crippen molar-refractivity contribution in [2.24, 2.45) is 0 Å². The smallest absolute Gasteiger partial charge is 0.126 e. The van der Waals surface area contributed by atoms with Gasteiger partial charge in [-0.25, -0.2) is 4.39 Å². The highest BCUT2D eigenvalue weighted by atomic mass is 19.1. The number of aryl methyl sites for hydroxylation is 2. The molecule has 0 bridgehead atoms. The Balaban J connectivity index is 2.07. The molecule has 0 aliphatic rings. The van der Waals surface area contributed by atoms with E-state index >= 15 is 0 Å². The zero-order chi connectivity index (χ0) is 15.5. The molecule has 0 aromatic heterocycles. The number of halogens is 1. The van der Waals surface area contributed by atoms with E-state index in [0.29, 0.717) is 24.0 Å². The number of aliphatic hydroxyl groups is 1. The monoisotopic (exact) mass is 288 g/mol. The summed E-state index contributed by atoms with van der Waals surface area (Å²) in [5, 5.41) is 10.6. The molecule has 0 radical (unpaired) electrons. The second kappa shape index (κ2) is 6.27. The minimum Gasteiger partial charge on any atom is -0.497 e.